The summed E-state index contributed by atoms with van der Waals surface area (Å²) in [5, 5.41) is 0.553. The van der Waals surface area contributed by atoms with Gasteiger partial charge in [-0.2, -0.15) is 0 Å². The Morgan fingerprint density at radius 1 is 1.11 bits per heavy atom. The fraction of sp³-hybridized carbons (Fsp3) is 0.200. The summed E-state index contributed by atoms with van der Waals surface area (Å²) in [6, 6.07) is 8.99. The van der Waals surface area contributed by atoms with E-state index in [9.17, 15) is 9.59 Å². The first kappa shape index (κ1) is 12.2. The van der Waals surface area contributed by atoms with Crippen LogP contribution in [0.3, 0.4) is 0 Å². The molecule has 0 N–H and O–H groups in total. The summed E-state index contributed by atoms with van der Waals surface area (Å²) in [5.41, 5.74) is 1.38. The SMILES string of the molecule is CC1=C(Cl)C=CC2C(=O)N(c3ccccc3)C(=O)C12. The average molecular weight is 274 g/mol. The van der Waals surface area contributed by atoms with Crippen LogP contribution in [0.5, 0.6) is 0 Å². The zero-order valence-corrected chi connectivity index (χ0v) is 11.1. The maximum absolute atomic E-state index is 12.5. The highest BCUT2D eigenvalue weighted by Crippen LogP contribution is 2.40. The van der Waals surface area contributed by atoms with Gasteiger partial charge in [0, 0.05) is 5.03 Å². The van der Waals surface area contributed by atoms with Crippen LogP contribution in [0.25, 0.3) is 0 Å². The quantitative estimate of drug-likeness (QED) is 0.738. The lowest BCUT2D eigenvalue weighted by Gasteiger charge is -2.17. The summed E-state index contributed by atoms with van der Waals surface area (Å²) in [4.78, 5) is 26.1. The number of carbonyl (C=O) groups is 2. The number of carbonyl (C=O) groups excluding carboxylic acids is 2. The van der Waals surface area contributed by atoms with Gasteiger partial charge in [0.05, 0.1) is 17.5 Å². The number of allylic oxidation sites excluding steroid dienone is 2. The third-order valence-corrected chi connectivity index (χ3v) is 4.08. The molecule has 3 nitrogen and oxygen atoms in total. The molecule has 0 spiro atoms. The number of imide groups is 1. The molecular formula is C15H12ClNO2. The van der Waals surface area contributed by atoms with Crippen LogP contribution in [0.1, 0.15) is 6.92 Å². The Labute approximate surface area is 116 Å². The van der Waals surface area contributed by atoms with E-state index in [1.54, 1.807) is 24.3 Å². The second-order valence-corrected chi connectivity index (χ2v) is 5.15. The fourth-order valence-electron chi connectivity index (χ4n) is 2.64. The van der Waals surface area contributed by atoms with Gasteiger partial charge in [0.1, 0.15) is 0 Å². The van der Waals surface area contributed by atoms with E-state index < -0.39 is 11.8 Å². The van der Waals surface area contributed by atoms with E-state index in [0.717, 1.165) is 5.57 Å². The van der Waals surface area contributed by atoms with Crippen LogP contribution in [-0.4, -0.2) is 11.8 Å². The second kappa shape index (κ2) is 4.35. The van der Waals surface area contributed by atoms with Gasteiger partial charge < -0.3 is 0 Å². The summed E-state index contributed by atoms with van der Waals surface area (Å²) >= 11 is 6.05. The molecule has 2 atom stereocenters. The standard InChI is InChI=1S/C15H12ClNO2/c1-9-12(16)8-7-11-13(9)15(19)17(14(11)18)10-5-3-2-4-6-10/h2-8,11,13H,1H3. The lowest BCUT2D eigenvalue weighted by Crippen LogP contribution is -2.30. The van der Waals surface area contributed by atoms with Gasteiger partial charge in [-0.3, -0.25) is 9.59 Å². The fourth-order valence-corrected chi connectivity index (χ4v) is 2.83. The molecule has 2 amide bonds. The van der Waals surface area contributed by atoms with Gasteiger partial charge >= 0.3 is 0 Å². The molecule has 2 aliphatic rings. The Kier molecular flexibility index (Phi) is 2.79. The summed E-state index contributed by atoms with van der Waals surface area (Å²) in [6.45, 7) is 1.81. The van der Waals surface area contributed by atoms with Crippen LogP contribution in [0.4, 0.5) is 5.69 Å². The molecule has 1 heterocycles. The van der Waals surface area contributed by atoms with Gasteiger partial charge in [-0.1, -0.05) is 35.9 Å². The maximum atomic E-state index is 12.5. The molecule has 0 saturated carbocycles. The zero-order chi connectivity index (χ0) is 13.6. The van der Waals surface area contributed by atoms with Crippen molar-refractivity contribution in [2.45, 2.75) is 6.92 Å². The number of nitrogens with zero attached hydrogens (tertiary/aromatic N) is 1. The minimum atomic E-state index is -0.454. The highest BCUT2D eigenvalue weighted by atomic mass is 35.5. The lowest BCUT2D eigenvalue weighted by molar-refractivity contribution is -0.122. The van der Waals surface area contributed by atoms with Crippen molar-refractivity contribution >= 4 is 29.1 Å². The van der Waals surface area contributed by atoms with Gasteiger partial charge in [0.25, 0.3) is 0 Å². The normalized spacial score (nSPS) is 26.1. The Balaban J connectivity index is 2.06. The molecule has 1 aromatic rings. The number of anilines is 1. The van der Waals surface area contributed by atoms with Crippen LogP contribution < -0.4 is 4.90 Å². The van der Waals surface area contributed by atoms with E-state index in [1.807, 2.05) is 25.1 Å². The van der Waals surface area contributed by atoms with Crippen LogP contribution >= 0.6 is 11.6 Å². The highest BCUT2D eigenvalue weighted by Gasteiger charge is 2.49. The average Bonchev–Trinajstić information content (AvgIpc) is 2.67. The maximum Gasteiger partial charge on any atom is 0.242 e. The topological polar surface area (TPSA) is 37.4 Å². The van der Waals surface area contributed by atoms with Crippen molar-refractivity contribution in [1.29, 1.82) is 0 Å². The number of hydrogen-bond acceptors (Lipinski definition) is 2. The predicted molar refractivity (Wildman–Crippen MR) is 73.6 cm³/mol. The summed E-state index contributed by atoms with van der Waals surface area (Å²) in [5.74, 6) is -1.25. The predicted octanol–water partition coefficient (Wildman–Crippen LogP) is 2.87. The highest BCUT2D eigenvalue weighted by molar-refractivity contribution is 6.33. The molecular weight excluding hydrogens is 262 g/mol. The first-order chi connectivity index (χ1) is 9.11. The van der Waals surface area contributed by atoms with Gasteiger partial charge in [0.15, 0.2) is 0 Å². The molecule has 1 saturated heterocycles. The zero-order valence-electron chi connectivity index (χ0n) is 10.3. The Morgan fingerprint density at radius 3 is 2.47 bits per heavy atom. The van der Waals surface area contributed by atoms with E-state index >= 15 is 0 Å². The molecule has 1 aliphatic carbocycles. The summed E-state index contributed by atoms with van der Waals surface area (Å²) < 4.78 is 0. The lowest BCUT2D eigenvalue weighted by atomic mass is 9.85. The Bertz CT molecular complexity index is 618. The van der Waals surface area contributed by atoms with Crippen molar-refractivity contribution in [1.82, 2.24) is 0 Å². The van der Waals surface area contributed by atoms with Crippen molar-refractivity contribution < 1.29 is 9.59 Å². The number of rotatable bonds is 1. The first-order valence-electron chi connectivity index (χ1n) is 6.08. The third kappa shape index (κ3) is 1.73. The minimum Gasteiger partial charge on any atom is -0.273 e. The molecule has 1 fully saturated rings. The van der Waals surface area contributed by atoms with Crippen LogP contribution in [0.2, 0.25) is 0 Å². The number of para-hydroxylation sites is 1. The molecule has 0 radical (unpaired) electrons. The van der Waals surface area contributed by atoms with E-state index in [4.69, 9.17) is 11.6 Å². The van der Waals surface area contributed by atoms with E-state index in [2.05, 4.69) is 0 Å². The molecule has 1 aromatic carbocycles. The molecule has 2 unspecified atom stereocenters. The van der Waals surface area contributed by atoms with E-state index in [1.165, 1.54) is 4.90 Å². The van der Waals surface area contributed by atoms with Crippen molar-refractivity contribution in [3.8, 4) is 0 Å². The number of fused-ring (bicyclic) bond motifs is 1. The van der Waals surface area contributed by atoms with Crippen molar-refractivity contribution in [3.05, 3.63) is 53.1 Å². The number of benzene rings is 1. The minimum absolute atomic E-state index is 0.180. The number of hydrogen-bond donors (Lipinski definition) is 0. The summed E-state index contributed by atoms with van der Waals surface area (Å²) in [6.07, 6.45) is 3.43. The molecule has 19 heavy (non-hydrogen) atoms. The number of amides is 2. The third-order valence-electron chi connectivity index (χ3n) is 3.66. The second-order valence-electron chi connectivity index (χ2n) is 4.74. The van der Waals surface area contributed by atoms with E-state index in [0.29, 0.717) is 10.7 Å². The molecule has 96 valence electrons. The molecule has 4 heteroatoms. The van der Waals surface area contributed by atoms with Gasteiger partial charge in [-0.05, 0) is 30.7 Å². The first-order valence-corrected chi connectivity index (χ1v) is 6.46. The van der Waals surface area contributed by atoms with Gasteiger partial charge in [-0.15, -0.1) is 0 Å². The van der Waals surface area contributed by atoms with E-state index in [-0.39, 0.29) is 11.8 Å². The smallest absolute Gasteiger partial charge is 0.242 e. The molecule has 1 aliphatic heterocycles. The van der Waals surface area contributed by atoms with Crippen molar-refractivity contribution in [3.63, 3.8) is 0 Å². The summed E-state index contributed by atoms with van der Waals surface area (Å²) in [7, 11) is 0. The monoisotopic (exact) mass is 273 g/mol. The molecule has 0 aromatic heterocycles. The van der Waals surface area contributed by atoms with Crippen LogP contribution in [-0.2, 0) is 9.59 Å². The van der Waals surface area contributed by atoms with Gasteiger partial charge in [-0.25, -0.2) is 4.90 Å². The number of halogens is 1. The van der Waals surface area contributed by atoms with Crippen molar-refractivity contribution in [2.24, 2.45) is 11.8 Å². The Hall–Kier alpha value is -1.87. The molecule has 3 rings (SSSR count). The Morgan fingerprint density at radius 2 is 1.79 bits per heavy atom. The van der Waals surface area contributed by atoms with Crippen LogP contribution in [0, 0.1) is 11.8 Å². The van der Waals surface area contributed by atoms with Gasteiger partial charge in [0.2, 0.25) is 11.8 Å². The van der Waals surface area contributed by atoms with Crippen LogP contribution in [0.15, 0.2) is 53.1 Å². The van der Waals surface area contributed by atoms with Crippen molar-refractivity contribution in [2.75, 3.05) is 4.90 Å². The molecule has 0 bridgehead atoms. The largest absolute Gasteiger partial charge is 0.273 e.